The summed E-state index contributed by atoms with van der Waals surface area (Å²) < 4.78 is 0. The maximum absolute atomic E-state index is 4.54. The third-order valence-electron chi connectivity index (χ3n) is 3.87. The number of rotatable bonds is 8. The van der Waals surface area contributed by atoms with Crippen LogP contribution in [0.2, 0.25) is 0 Å². The Balaban J connectivity index is 1.87. The molecule has 2 aromatic rings. The Bertz CT molecular complexity index is 505. The fraction of sp³-hybridized carbons (Fsp3) is 0.421. The Kier molecular flexibility index (Phi) is 6.42. The summed E-state index contributed by atoms with van der Waals surface area (Å²) in [7, 11) is 0. The van der Waals surface area contributed by atoms with Crippen LogP contribution >= 0.6 is 0 Å². The van der Waals surface area contributed by atoms with Gasteiger partial charge in [0.1, 0.15) is 0 Å². The fourth-order valence-electron chi connectivity index (χ4n) is 2.62. The zero-order valence-electron chi connectivity index (χ0n) is 13.2. The maximum Gasteiger partial charge on any atom is 0.0403 e. The number of pyridine rings is 1. The quantitative estimate of drug-likeness (QED) is 0.780. The average molecular weight is 282 g/mol. The lowest BCUT2D eigenvalue weighted by Crippen LogP contribution is -2.21. The summed E-state index contributed by atoms with van der Waals surface area (Å²) in [5, 5.41) is 3.58. The molecule has 0 saturated heterocycles. The molecule has 0 radical (unpaired) electrons. The van der Waals surface area contributed by atoms with E-state index >= 15 is 0 Å². The minimum atomic E-state index is 0.450. The van der Waals surface area contributed by atoms with Crippen molar-refractivity contribution in [3.63, 3.8) is 0 Å². The van der Waals surface area contributed by atoms with Crippen molar-refractivity contribution in [3.8, 4) is 0 Å². The first-order chi connectivity index (χ1) is 10.3. The van der Waals surface area contributed by atoms with Crippen molar-refractivity contribution in [2.75, 3.05) is 6.54 Å². The molecule has 1 N–H and O–H groups in total. The third kappa shape index (κ3) is 4.98. The maximum atomic E-state index is 4.54. The zero-order chi connectivity index (χ0) is 14.9. The van der Waals surface area contributed by atoms with E-state index in [4.69, 9.17) is 0 Å². The van der Waals surface area contributed by atoms with E-state index in [1.807, 2.05) is 6.20 Å². The van der Waals surface area contributed by atoms with Gasteiger partial charge in [-0.2, -0.15) is 0 Å². The molecule has 1 aromatic carbocycles. The summed E-state index contributed by atoms with van der Waals surface area (Å²) in [4.78, 5) is 4.54. The minimum Gasteiger partial charge on any atom is -0.310 e. The molecular weight excluding hydrogens is 256 g/mol. The molecule has 1 heterocycles. The van der Waals surface area contributed by atoms with E-state index in [-0.39, 0.29) is 0 Å². The highest BCUT2D eigenvalue weighted by Crippen LogP contribution is 2.19. The van der Waals surface area contributed by atoms with Crippen LogP contribution in [0.5, 0.6) is 0 Å². The highest BCUT2D eigenvalue weighted by atomic mass is 14.9. The molecule has 2 rings (SSSR count). The topological polar surface area (TPSA) is 24.9 Å². The van der Waals surface area contributed by atoms with Crippen molar-refractivity contribution >= 4 is 0 Å². The molecule has 0 bridgehead atoms. The van der Waals surface area contributed by atoms with Gasteiger partial charge in [0.15, 0.2) is 0 Å². The standard InChI is InChI=1S/C19H26N2/c1-3-16-13-14-18(21-15-16)11-8-12-19(20-4-2)17-9-6-5-7-10-17/h5-7,9-10,13-15,19-20H,3-4,8,11-12H2,1-2H3. The zero-order valence-corrected chi connectivity index (χ0v) is 13.2. The predicted octanol–water partition coefficient (Wildman–Crippen LogP) is 4.32. The molecule has 112 valence electrons. The molecule has 0 spiro atoms. The monoisotopic (exact) mass is 282 g/mol. The molecule has 21 heavy (non-hydrogen) atoms. The van der Waals surface area contributed by atoms with E-state index in [0.29, 0.717) is 6.04 Å². The number of hydrogen-bond acceptors (Lipinski definition) is 2. The Morgan fingerprint density at radius 1 is 1.05 bits per heavy atom. The summed E-state index contributed by atoms with van der Waals surface area (Å²) >= 11 is 0. The van der Waals surface area contributed by atoms with Gasteiger partial charge in [0.05, 0.1) is 0 Å². The fourth-order valence-corrected chi connectivity index (χ4v) is 2.62. The predicted molar refractivity (Wildman–Crippen MR) is 89.4 cm³/mol. The second-order valence-electron chi connectivity index (χ2n) is 5.42. The number of hydrogen-bond donors (Lipinski definition) is 1. The minimum absolute atomic E-state index is 0.450. The molecule has 0 aliphatic rings. The van der Waals surface area contributed by atoms with Crippen molar-refractivity contribution < 1.29 is 0 Å². The van der Waals surface area contributed by atoms with E-state index < -0.39 is 0 Å². The molecule has 0 fully saturated rings. The third-order valence-corrected chi connectivity index (χ3v) is 3.87. The average Bonchev–Trinajstić information content (AvgIpc) is 2.55. The number of aromatic nitrogens is 1. The number of nitrogens with one attached hydrogen (secondary N) is 1. The summed E-state index contributed by atoms with van der Waals surface area (Å²) in [6.45, 7) is 5.33. The highest BCUT2D eigenvalue weighted by molar-refractivity contribution is 5.19. The van der Waals surface area contributed by atoms with Gasteiger partial charge >= 0.3 is 0 Å². The lowest BCUT2D eigenvalue weighted by Gasteiger charge is -2.18. The summed E-state index contributed by atoms with van der Waals surface area (Å²) in [6, 6.07) is 15.5. The Morgan fingerprint density at radius 2 is 1.86 bits per heavy atom. The molecule has 1 atom stereocenters. The summed E-state index contributed by atoms with van der Waals surface area (Å²) in [5.41, 5.74) is 3.90. The van der Waals surface area contributed by atoms with Gasteiger partial charge in [0.2, 0.25) is 0 Å². The first-order valence-corrected chi connectivity index (χ1v) is 8.05. The van der Waals surface area contributed by atoms with Crippen LogP contribution in [-0.2, 0) is 12.8 Å². The molecule has 0 saturated carbocycles. The molecule has 2 nitrogen and oxygen atoms in total. The van der Waals surface area contributed by atoms with Gasteiger partial charge in [-0.25, -0.2) is 0 Å². The molecule has 0 aliphatic carbocycles. The van der Waals surface area contributed by atoms with Gasteiger partial charge in [-0.3, -0.25) is 4.98 Å². The van der Waals surface area contributed by atoms with Crippen LogP contribution in [0.4, 0.5) is 0 Å². The van der Waals surface area contributed by atoms with Crippen LogP contribution in [-0.4, -0.2) is 11.5 Å². The van der Waals surface area contributed by atoms with Crippen LogP contribution in [0.25, 0.3) is 0 Å². The first-order valence-electron chi connectivity index (χ1n) is 8.05. The lowest BCUT2D eigenvalue weighted by molar-refractivity contribution is 0.496. The van der Waals surface area contributed by atoms with Crippen LogP contribution in [0, 0.1) is 0 Å². The molecule has 0 aliphatic heterocycles. The SMILES string of the molecule is CCNC(CCCc1ccc(CC)cn1)c1ccccc1. The first kappa shape index (κ1) is 15.7. The van der Waals surface area contributed by atoms with Crippen molar-refractivity contribution in [3.05, 3.63) is 65.5 Å². The lowest BCUT2D eigenvalue weighted by atomic mass is 10.00. The van der Waals surface area contributed by atoms with Crippen LogP contribution < -0.4 is 5.32 Å². The van der Waals surface area contributed by atoms with Gasteiger partial charge < -0.3 is 5.32 Å². The number of nitrogens with zero attached hydrogens (tertiary/aromatic N) is 1. The summed E-state index contributed by atoms with van der Waals surface area (Å²) in [5.74, 6) is 0. The molecule has 0 amide bonds. The van der Waals surface area contributed by atoms with Crippen LogP contribution in [0.15, 0.2) is 48.7 Å². The Labute approximate surface area is 128 Å². The Morgan fingerprint density at radius 3 is 2.48 bits per heavy atom. The van der Waals surface area contributed by atoms with E-state index in [1.54, 1.807) is 0 Å². The van der Waals surface area contributed by atoms with Gasteiger partial charge in [-0.15, -0.1) is 0 Å². The number of benzene rings is 1. The van der Waals surface area contributed by atoms with Crippen molar-refractivity contribution in [1.82, 2.24) is 10.3 Å². The normalized spacial score (nSPS) is 12.3. The van der Waals surface area contributed by atoms with Gasteiger partial charge in [-0.05, 0) is 49.4 Å². The van der Waals surface area contributed by atoms with Crippen LogP contribution in [0.1, 0.15) is 49.6 Å². The van der Waals surface area contributed by atoms with E-state index in [9.17, 15) is 0 Å². The summed E-state index contributed by atoms with van der Waals surface area (Å²) in [6.07, 6.45) is 6.43. The van der Waals surface area contributed by atoms with E-state index in [1.165, 1.54) is 16.8 Å². The largest absolute Gasteiger partial charge is 0.310 e. The van der Waals surface area contributed by atoms with Gasteiger partial charge in [0, 0.05) is 17.9 Å². The van der Waals surface area contributed by atoms with Crippen LogP contribution in [0.3, 0.4) is 0 Å². The second kappa shape index (κ2) is 8.58. The highest BCUT2D eigenvalue weighted by Gasteiger charge is 2.09. The van der Waals surface area contributed by atoms with Crippen molar-refractivity contribution in [1.29, 1.82) is 0 Å². The second-order valence-corrected chi connectivity index (χ2v) is 5.42. The van der Waals surface area contributed by atoms with E-state index in [2.05, 4.69) is 66.6 Å². The smallest absolute Gasteiger partial charge is 0.0403 e. The van der Waals surface area contributed by atoms with Crippen molar-refractivity contribution in [2.24, 2.45) is 0 Å². The molecule has 2 heteroatoms. The molecule has 1 unspecified atom stereocenters. The van der Waals surface area contributed by atoms with Gasteiger partial charge in [0.25, 0.3) is 0 Å². The molecule has 1 aromatic heterocycles. The number of aryl methyl sites for hydroxylation is 2. The van der Waals surface area contributed by atoms with Crippen molar-refractivity contribution in [2.45, 2.75) is 45.6 Å². The Hall–Kier alpha value is -1.67. The molecular formula is C19H26N2. The van der Waals surface area contributed by atoms with E-state index in [0.717, 1.165) is 32.2 Å². The van der Waals surface area contributed by atoms with Gasteiger partial charge in [-0.1, -0.05) is 50.2 Å².